The Hall–Kier alpha value is -1.39. The zero-order chi connectivity index (χ0) is 17.5. The Morgan fingerprint density at radius 1 is 1.17 bits per heavy atom. The first-order valence-corrected chi connectivity index (χ1v) is 9.30. The van der Waals surface area contributed by atoms with E-state index in [-0.39, 0.29) is 0 Å². The Morgan fingerprint density at radius 3 is 2.67 bits per heavy atom. The van der Waals surface area contributed by atoms with Crippen molar-refractivity contribution in [1.29, 1.82) is 0 Å². The van der Waals surface area contributed by atoms with E-state index in [1.807, 2.05) is 38.1 Å². The van der Waals surface area contributed by atoms with Gasteiger partial charge >= 0.3 is 0 Å². The molecule has 0 aliphatic carbocycles. The van der Waals surface area contributed by atoms with Crippen LogP contribution in [-0.4, -0.2) is 13.2 Å². The highest BCUT2D eigenvalue weighted by Gasteiger charge is 2.12. The topological polar surface area (TPSA) is 30.5 Å². The minimum atomic E-state index is 0.596. The second-order valence-corrected chi connectivity index (χ2v) is 6.71. The van der Waals surface area contributed by atoms with Gasteiger partial charge in [-0.1, -0.05) is 24.6 Å². The van der Waals surface area contributed by atoms with Crippen molar-refractivity contribution in [3.63, 3.8) is 0 Å². The molecule has 0 saturated heterocycles. The van der Waals surface area contributed by atoms with Gasteiger partial charge in [-0.05, 0) is 71.6 Å². The smallest absolute Gasteiger partial charge is 0.175 e. The Kier molecular flexibility index (Phi) is 7.25. The average Bonchev–Trinajstić information content (AvgIpc) is 2.56. The first-order valence-electron chi connectivity index (χ1n) is 8.13. The fourth-order valence-electron chi connectivity index (χ4n) is 2.33. The zero-order valence-electron chi connectivity index (χ0n) is 14.3. The van der Waals surface area contributed by atoms with Crippen LogP contribution in [0.25, 0.3) is 0 Å². The summed E-state index contributed by atoms with van der Waals surface area (Å²) in [6.45, 7) is 8.00. The zero-order valence-corrected chi connectivity index (χ0v) is 16.6. The molecular weight excluding hydrogens is 390 g/mol. The molecule has 0 aliphatic rings. The van der Waals surface area contributed by atoms with Crippen LogP contribution in [0.4, 0.5) is 5.69 Å². The predicted octanol–water partition coefficient (Wildman–Crippen LogP) is 6.21. The van der Waals surface area contributed by atoms with Gasteiger partial charge in [0, 0.05) is 17.3 Å². The van der Waals surface area contributed by atoms with E-state index in [0.29, 0.717) is 19.8 Å². The minimum Gasteiger partial charge on any atom is -0.490 e. The number of benzene rings is 2. The van der Waals surface area contributed by atoms with Crippen molar-refractivity contribution in [2.75, 3.05) is 18.5 Å². The third kappa shape index (κ3) is 4.81. The Labute approximate surface area is 157 Å². The molecule has 5 heteroatoms. The summed E-state index contributed by atoms with van der Waals surface area (Å²) in [4.78, 5) is 0. The number of hydrogen-bond donors (Lipinski definition) is 1. The first-order chi connectivity index (χ1) is 11.6. The SMILES string of the molecule is CCCOc1c(Br)cc(CNc2cccc(Cl)c2C)cc1OCC. The largest absolute Gasteiger partial charge is 0.490 e. The van der Waals surface area contributed by atoms with E-state index < -0.39 is 0 Å². The molecule has 0 fully saturated rings. The summed E-state index contributed by atoms with van der Waals surface area (Å²) < 4.78 is 12.5. The Morgan fingerprint density at radius 2 is 1.96 bits per heavy atom. The normalized spacial score (nSPS) is 10.5. The van der Waals surface area contributed by atoms with Crippen LogP contribution in [0, 0.1) is 6.92 Å². The molecule has 0 unspecified atom stereocenters. The number of hydrogen-bond acceptors (Lipinski definition) is 3. The molecule has 0 bridgehead atoms. The van der Waals surface area contributed by atoms with Crippen molar-refractivity contribution in [3.05, 3.63) is 51.0 Å². The van der Waals surface area contributed by atoms with Crippen molar-refractivity contribution >= 4 is 33.2 Å². The molecule has 0 aromatic heterocycles. The maximum Gasteiger partial charge on any atom is 0.175 e. The van der Waals surface area contributed by atoms with Gasteiger partial charge in [-0.25, -0.2) is 0 Å². The molecule has 24 heavy (non-hydrogen) atoms. The van der Waals surface area contributed by atoms with E-state index in [2.05, 4.69) is 34.2 Å². The molecule has 2 rings (SSSR count). The van der Waals surface area contributed by atoms with Crippen LogP contribution >= 0.6 is 27.5 Å². The van der Waals surface area contributed by atoms with E-state index in [9.17, 15) is 0 Å². The molecule has 0 spiro atoms. The van der Waals surface area contributed by atoms with E-state index in [1.54, 1.807) is 0 Å². The molecule has 2 aromatic rings. The highest BCUT2D eigenvalue weighted by Crippen LogP contribution is 2.37. The summed E-state index contributed by atoms with van der Waals surface area (Å²) in [6, 6.07) is 9.94. The Balaban J connectivity index is 2.19. The lowest BCUT2D eigenvalue weighted by Gasteiger charge is -2.16. The molecule has 0 atom stereocenters. The summed E-state index contributed by atoms with van der Waals surface area (Å²) >= 11 is 9.77. The van der Waals surface area contributed by atoms with Gasteiger partial charge in [0.25, 0.3) is 0 Å². The van der Waals surface area contributed by atoms with Crippen LogP contribution in [0.15, 0.2) is 34.8 Å². The van der Waals surface area contributed by atoms with E-state index in [0.717, 1.165) is 44.2 Å². The molecule has 2 aromatic carbocycles. The molecule has 1 N–H and O–H groups in total. The molecule has 0 heterocycles. The fraction of sp³-hybridized carbons (Fsp3) is 0.368. The van der Waals surface area contributed by atoms with Gasteiger partial charge in [0.05, 0.1) is 17.7 Å². The van der Waals surface area contributed by atoms with Gasteiger partial charge < -0.3 is 14.8 Å². The maximum atomic E-state index is 6.17. The second-order valence-electron chi connectivity index (χ2n) is 5.45. The van der Waals surface area contributed by atoms with Crippen LogP contribution in [0.3, 0.4) is 0 Å². The first kappa shape index (κ1) is 18.9. The lowest BCUT2D eigenvalue weighted by Crippen LogP contribution is -2.05. The summed E-state index contributed by atoms with van der Waals surface area (Å²) in [7, 11) is 0. The predicted molar refractivity (Wildman–Crippen MR) is 105 cm³/mol. The highest BCUT2D eigenvalue weighted by molar-refractivity contribution is 9.10. The third-order valence-corrected chi connectivity index (χ3v) is 4.57. The number of nitrogens with one attached hydrogen (secondary N) is 1. The molecule has 0 saturated carbocycles. The lowest BCUT2D eigenvalue weighted by atomic mass is 10.1. The fourth-order valence-corrected chi connectivity index (χ4v) is 3.11. The van der Waals surface area contributed by atoms with Crippen molar-refractivity contribution < 1.29 is 9.47 Å². The van der Waals surface area contributed by atoms with E-state index >= 15 is 0 Å². The van der Waals surface area contributed by atoms with Gasteiger partial charge in [-0.3, -0.25) is 0 Å². The van der Waals surface area contributed by atoms with E-state index in [4.69, 9.17) is 21.1 Å². The van der Waals surface area contributed by atoms with Crippen molar-refractivity contribution in [1.82, 2.24) is 0 Å². The monoisotopic (exact) mass is 411 g/mol. The van der Waals surface area contributed by atoms with Gasteiger partial charge in [0.1, 0.15) is 0 Å². The van der Waals surface area contributed by atoms with Crippen LogP contribution in [0.1, 0.15) is 31.4 Å². The summed E-state index contributed by atoms with van der Waals surface area (Å²) in [5.74, 6) is 1.53. The summed E-state index contributed by atoms with van der Waals surface area (Å²) in [6.07, 6.45) is 0.954. The second kappa shape index (κ2) is 9.19. The Bertz CT molecular complexity index is 691. The quantitative estimate of drug-likeness (QED) is 0.559. The number of ether oxygens (including phenoxy) is 2. The maximum absolute atomic E-state index is 6.17. The summed E-state index contributed by atoms with van der Waals surface area (Å²) in [5.41, 5.74) is 3.18. The number of anilines is 1. The van der Waals surface area contributed by atoms with Gasteiger partial charge in [-0.15, -0.1) is 0 Å². The van der Waals surface area contributed by atoms with Crippen molar-refractivity contribution in [3.8, 4) is 11.5 Å². The van der Waals surface area contributed by atoms with E-state index in [1.165, 1.54) is 0 Å². The van der Waals surface area contributed by atoms with Gasteiger partial charge in [0.2, 0.25) is 0 Å². The van der Waals surface area contributed by atoms with Crippen LogP contribution < -0.4 is 14.8 Å². The molecule has 3 nitrogen and oxygen atoms in total. The standard InChI is InChI=1S/C19H23BrClNO2/c1-4-9-24-19-15(20)10-14(11-18(19)23-5-2)12-22-17-8-6-7-16(21)13(17)3/h6-8,10-11,22H,4-5,9,12H2,1-3H3. The van der Waals surface area contributed by atoms with Gasteiger partial charge in [-0.2, -0.15) is 0 Å². The van der Waals surface area contributed by atoms with Gasteiger partial charge in [0.15, 0.2) is 11.5 Å². The molecule has 0 radical (unpaired) electrons. The minimum absolute atomic E-state index is 0.596. The molecular formula is C19H23BrClNO2. The number of halogens is 2. The van der Waals surface area contributed by atoms with Crippen LogP contribution in [0.5, 0.6) is 11.5 Å². The van der Waals surface area contributed by atoms with Crippen LogP contribution in [0.2, 0.25) is 5.02 Å². The molecule has 0 aliphatic heterocycles. The highest BCUT2D eigenvalue weighted by atomic mass is 79.9. The lowest BCUT2D eigenvalue weighted by molar-refractivity contribution is 0.275. The van der Waals surface area contributed by atoms with Crippen molar-refractivity contribution in [2.45, 2.75) is 33.7 Å². The number of rotatable bonds is 8. The molecule has 0 amide bonds. The molecule has 130 valence electrons. The van der Waals surface area contributed by atoms with Crippen molar-refractivity contribution in [2.24, 2.45) is 0 Å². The van der Waals surface area contributed by atoms with Crippen LogP contribution in [-0.2, 0) is 6.54 Å². The summed E-state index contributed by atoms with van der Waals surface area (Å²) in [5, 5.41) is 4.19. The third-order valence-electron chi connectivity index (χ3n) is 3.57. The average molecular weight is 413 g/mol.